The van der Waals surface area contributed by atoms with Crippen LogP contribution in [0.25, 0.3) is 0 Å². The van der Waals surface area contributed by atoms with Gasteiger partial charge < -0.3 is 61.4 Å². The number of nitrogens with zero attached hydrogens (tertiary/aromatic N) is 4. The molecule has 11 atom stereocenters. The lowest BCUT2D eigenvalue weighted by atomic mass is 9.89. The topological polar surface area (TPSA) is 352 Å². The first-order valence-corrected chi connectivity index (χ1v) is 33.1. The van der Waals surface area contributed by atoms with Gasteiger partial charge in [0.05, 0.1) is 42.7 Å². The predicted octanol–water partition coefficient (Wildman–Crippen LogP) is 5.74. The molecule has 8 N–H and O–H groups in total. The molecule has 526 valence electrons. The molecule has 0 bridgehead atoms. The molecular weight excluding hydrogens is 1220 g/mol. The number of hydrogen-bond acceptors (Lipinski definition) is 15. The van der Waals surface area contributed by atoms with Crippen molar-refractivity contribution in [3.63, 3.8) is 0 Å². The molecule has 2 aromatic carbocycles. The minimum atomic E-state index is -1.19. The molecule has 0 radical (unpaired) electrons. The van der Waals surface area contributed by atoms with Crippen LogP contribution in [0.4, 0.5) is 15.3 Å². The molecule has 0 spiro atoms. The number of amides is 11. The summed E-state index contributed by atoms with van der Waals surface area (Å²) >= 11 is 0. The molecule has 0 aromatic heterocycles. The summed E-state index contributed by atoms with van der Waals surface area (Å²) in [6.07, 6.45) is 3.64. The highest BCUT2D eigenvalue weighted by atomic mass is 16.6. The Morgan fingerprint density at radius 3 is 1.93 bits per heavy atom. The molecule has 1 fully saturated rings. The number of anilines is 1. The number of nitrogens with two attached hydrogens (primary N) is 1. The van der Waals surface area contributed by atoms with Crippen molar-refractivity contribution in [2.24, 2.45) is 41.2 Å². The lowest BCUT2D eigenvalue weighted by Crippen LogP contribution is -2.60. The summed E-state index contributed by atoms with van der Waals surface area (Å²) in [5, 5.41) is 23.8. The Labute approximate surface area is 559 Å². The van der Waals surface area contributed by atoms with Gasteiger partial charge in [-0.3, -0.25) is 53.0 Å². The fourth-order valence-corrected chi connectivity index (χ4v) is 12.3. The van der Waals surface area contributed by atoms with E-state index >= 15 is 0 Å². The Morgan fingerprint density at radius 1 is 0.716 bits per heavy atom. The quantitative estimate of drug-likeness (QED) is 0.0309. The number of carbonyl (C=O) groups is 12. The van der Waals surface area contributed by atoms with Gasteiger partial charge >= 0.3 is 18.1 Å². The third kappa shape index (κ3) is 23.9. The Balaban J connectivity index is 1.38. The van der Waals surface area contributed by atoms with E-state index in [1.54, 1.807) is 109 Å². The van der Waals surface area contributed by atoms with Crippen molar-refractivity contribution in [1.82, 2.24) is 40.9 Å². The number of carboxylic acids is 1. The van der Waals surface area contributed by atoms with Crippen molar-refractivity contribution < 1.29 is 76.9 Å². The van der Waals surface area contributed by atoms with E-state index in [0.29, 0.717) is 62.7 Å². The molecular formula is C69H104N10O16. The zero-order chi connectivity index (χ0) is 70.8. The number of ether oxygens (including phenoxy) is 3. The number of ketones is 1. The van der Waals surface area contributed by atoms with Crippen molar-refractivity contribution >= 4 is 76.8 Å². The molecule has 26 heteroatoms. The average Bonchev–Trinajstić information content (AvgIpc) is 1.81. The van der Waals surface area contributed by atoms with Crippen molar-refractivity contribution in [2.45, 2.75) is 194 Å². The first-order valence-electron chi connectivity index (χ1n) is 33.1. The van der Waals surface area contributed by atoms with Crippen LogP contribution >= 0.6 is 0 Å². The number of rotatable bonds is 40. The van der Waals surface area contributed by atoms with Gasteiger partial charge in [-0.15, -0.1) is 0 Å². The number of unbranched alkanes of at least 4 members (excludes halogenated alkanes) is 2. The van der Waals surface area contributed by atoms with E-state index in [4.69, 9.17) is 19.9 Å². The second kappa shape index (κ2) is 38.9. The van der Waals surface area contributed by atoms with E-state index in [1.807, 2.05) is 19.9 Å². The molecule has 0 unspecified atom stereocenters. The zero-order valence-corrected chi connectivity index (χ0v) is 57.7. The van der Waals surface area contributed by atoms with Crippen LogP contribution in [-0.2, 0) is 75.2 Å². The number of urea groups is 1. The van der Waals surface area contributed by atoms with Gasteiger partial charge in [0.2, 0.25) is 35.4 Å². The lowest BCUT2D eigenvalue weighted by Gasteiger charge is -2.41. The number of imide groups is 1. The number of hydrogen-bond donors (Lipinski definition) is 7. The second-order valence-electron chi connectivity index (χ2n) is 26.0. The van der Waals surface area contributed by atoms with Crippen LogP contribution in [0, 0.1) is 35.5 Å². The standard InChI is InChI=1S/C69H104N10O16/c1-14-44(8)61(53(93-12)39-57(84)78-36-22-26-51(78)62(94-13)45(9)63(85)73-50(67(89)90)37-46-23-17-15-18-24-46)76(10)66(88)59(42(4)5)75-65(87)60(43(6)7)77(11)69(92)95-40-47-28-30-49(31-29-47)72-64(86)48(25-21-34-71-68(70)91)38-52(80)58(41(2)3)74-54(81)27-19-16-20-35-79-55(82)32-33-56(79)83/h15,17-18,23-24,28-33,41-45,48,50-51,53,58-62H,14,16,19-22,25-27,34-40H2,1-13H3,(H,72,86)(H,73,85)(H,74,81)(H,75,87)(H,89,90)(H3,70,71,91)/t44-,45+,48+,50-,51-,53+,58-,59-,60-,61-,62+/m0/s1. The highest BCUT2D eigenvalue weighted by Crippen LogP contribution is 2.31. The van der Waals surface area contributed by atoms with Crippen LogP contribution in [0.5, 0.6) is 0 Å². The van der Waals surface area contributed by atoms with E-state index in [1.165, 1.54) is 43.2 Å². The molecule has 2 aliphatic rings. The van der Waals surface area contributed by atoms with E-state index < -0.39 is 114 Å². The molecule has 11 amide bonds. The predicted molar refractivity (Wildman–Crippen MR) is 355 cm³/mol. The summed E-state index contributed by atoms with van der Waals surface area (Å²) < 4.78 is 17.7. The van der Waals surface area contributed by atoms with E-state index in [9.17, 15) is 62.6 Å². The fourth-order valence-electron chi connectivity index (χ4n) is 12.3. The van der Waals surface area contributed by atoms with Gasteiger partial charge in [0, 0.05) is 91.0 Å². The number of carboxylic acid groups (broad SMARTS) is 1. The summed E-state index contributed by atoms with van der Waals surface area (Å²) in [5.74, 6) is -8.10. The Hall–Kier alpha value is -8.26. The normalized spacial score (nSPS) is 17.0. The van der Waals surface area contributed by atoms with Gasteiger partial charge in [-0.1, -0.05) is 118 Å². The first kappa shape index (κ1) is 79.2. The summed E-state index contributed by atoms with van der Waals surface area (Å²) in [5.41, 5.74) is 6.90. The van der Waals surface area contributed by atoms with Gasteiger partial charge in [0.15, 0.2) is 5.78 Å². The number of Topliss-reactive ketones (excluding diaryl/α,β-unsaturated/α-hetero) is 1. The lowest BCUT2D eigenvalue weighted by molar-refractivity contribution is -0.148. The Bertz CT molecular complexity index is 2940. The average molecular weight is 1330 g/mol. The third-order valence-corrected chi connectivity index (χ3v) is 17.9. The van der Waals surface area contributed by atoms with Crippen molar-refractivity contribution in [3.05, 3.63) is 77.9 Å². The van der Waals surface area contributed by atoms with E-state index in [0.717, 1.165) is 10.5 Å². The van der Waals surface area contributed by atoms with Crippen LogP contribution < -0.4 is 32.3 Å². The highest BCUT2D eigenvalue weighted by molar-refractivity contribution is 6.12. The van der Waals surface area contributed by atoms with Gasteiger partial charge in [-0.05, 0) is 85.5 Å². The molecule has 1 saturated heterocycles. The number of likely N-dealkylation sites (tertiary alicyclic amines) is 1. The van der Waals surface area contributed by atoms with Crippen molar-refractivity contribution in [2.75, 3.05) is 53.3 Å². The van der Waals surface area contributed by atoms with Gasteiger partial charge in [0.1, 0.15) is 24.7 Å². The summed E-state index contributed by atoms with van der Waals surface area (Å²) in [6, 6.07) is 9.23. The molecule has 2 heterocycles. The maximum absolute atomic E-state index is 14.8. The number of primary amides is 1. The minimum Gasteiger partial charge on any atom is -0.480 e. The van der Waals surface area contributed by atoms with Gasteiger partial charge in [0.25, 0.3) is 11.8 Å². The Kier molecular flexibility index (Phi) is 32.5. The number of methoxy groups -OCH3 is 2. The van der Waals surface area contributed by atoms with Crippen molar-refractivity contribution in [3.8, 4) is 0 Å². The molecule has 2 aliphatic heterocycles. The van der Waals surface area contributed by atoms with Crippen molar-refractivity contribution in [1.29, 1.82) is 0 Å². The monoisotopic (exact) mass is 1330 g/mol. The number of likely N-dealkylation sites (N-methyl/N-ethyl adjacent to an activating group) is 2. The highest BCUT2D eigenvalue weighted by Gasteiger charge is 2.44. The molecule has 2 aromatic rings. The third-order valence-electron chi connectivity index (χ3n) is 17.9. The van der Waals surface area contributed by atoms with Crippen LogP contribution in [0.15, 0.2) is 66.7 Å². The Morgan fingerprint density at radius 2 is 1.36 bits per heavy atom. The van der Waals surface area contributed by atoms with Crippen LogP contribution in [0.1, 0.15) is 144 Å². The minimum absolute atomic E-state index is 0.0763. The molecule has 0 aliphatic carbocycles. The largest absolute Gasteiger partial charge is 0.480 e. The van der Waals surface area contributed by atoms with Gasteiger partial charge in [-0.2, -0.15) is 0 Å². The van der Waals surface area contributed by atoms with E-state index in [-0.39, 0.29) is 93.0 Å². The van der Waals surface area contributed by atoms with Crippen LogP contribution in [0.3, 0.4) is 0 Å². The fraction of sp³-hybridized carbons (Fsp3) is 0.623. The number of aliphatic carboxylic acids is 1. The number of benzene rings is 2. The molecule has 0 saturated carbocycles. The van der Waals surface area contributed by atoms with Crippen LogP contribution in [0.2, 0.25) is 0 Å². The zero-order valence-electron chi connectivity index (χ0n) is 57.7. The number of carbonyl (C=O) groups excluding carboxylic acids is 11. The van der Waals surface area contributed by atoms with Gasteiger partial charge in [-0.25, -0.2) is 14.4 Å². The molecule has 26 nitrogen and oxygen atoms in total. The second-order valence-corrected chi connectivity index (χ2v) is 26.0. The summed E-state index contributed by atoms with van der Waals surface area (Å²) in [4.78, 5) is 165. The molecule has 4 rings (SSSR count). The maximum Gasteiger partial charge on any atom is 0.410 e. The molecule has 95 heavy (non-hydrogen) atoms. The van der Waals surface area contributed by atoms with E-state index in [2.05, 4.69) is 26.6 Å². The SMILES string of the molecule is CC[C@H](C)[C@@H]([C@@H](CC(=O)N1CCC[C@H]1[C@H](OC)[C@@H](C)C(=O)N[C@@H](Cc1ccccc1)C(=O)O)OC)N(C)C(=O)[C@@H](NC(=O)[C@H](C(C)C)N(C)C(=O)OCc1ccc(NC(=O)[C@H](CCCNC(N)=O)CC(=O)[C@@H](NC(=O)CCCCCN2C(=O)C=CC2=O)C(C)C)cc1)C(C)C. The van der Waals surface area contributed by atoms with Crippen LogP contribution in [-0.4, -0.2) is 192 Å². The number of nitrogens with one attached hydrogen (secondary N) is 5. The summed E-state index contributed by atoms with van der Waals surface area (Å²) in [6.45, 7) is 16.8. The smallest absolute Gasteiger partial charge is 0.410 e. The first-order chi connectivity index (χ1) is 44.9. The maximum atomic E-state index is 14.8. The summed E-state index contributed by atoms with van der Waals surface area (Å²) in [7, 11) is 5.97.